The number of alkyl halides is 1. The smallest absolute Gasteiger partial charge is 0.273 e. The number of amides is 7. The van der Waals surface area contributed by atoms with Gasteiger partial charge in [0.2, 0.25) is 42.2 Å². The summed E-state index contributed by atoms with van der Waals surface area (Å²) in [5, 5.41) is 0. The molecule has 24 heteroatoms. The lowest BCUT2D eigenvalue weighted by Crippen LogP contribution is -2.46. The fourth-order valence-electron chi connectivity index (χ4n) is 15.7. The second kappa shape index (κ2) is 53.4. The Labute approximate surface area is 804 Å². The van der Waals surface area contributed by atoms with Crippen LogP contribution in [0.1, 0.15) is 47.0 Å². The Kier molecular flexibility index (Phi) is 39.2. The number of nitrogens with two attached hydrogens (primary N) is 1. The van der Waals surface area contributed by atoms with Crippen LogP contribution in [0.25, 0.3) is 0 Å². The van der Waals surface area contributed by atoms with Crippen LogP contribution in [-0.2, 0) is 66.3 Å². The molecule has 2 N–H and O–H groups in total. The molecule has 0 saturated heterocycles. The summed E-state index contributed by atoms with van der Waals surface area (Å²) in [6, 6.07) is 115. The molecule has 136 heavy (non-hydrogen) atoms. The Bertz CT molecular complexity index is 5610. The van der Waals surface area contributed by atoms with Gasteiger partial charge in [0.1, 0.15) is 30.7 Å². The number of aromatic nitrogens is 6. The minimum absolute atomic E-state index is 0.0158. The average Bonchev–Trinajstić information content (AvgIpc) is 1.11. The third-order valence-electron chi connectivity index (χ3n) is 21.8. The normalized spacial score (nSPS) is 10.8. The van der Waals surface area contributed by atoms with Gasteiger partial charge in [-0.3, -0.25) is 72.8 Å². The van der Waals surface area contributed by atoms with Crippen LogP contribution in [0.5, 0.6) is 0 Å². The Morgan fingerprint density at radius 2 is 0.529 bits per heavy atom. The van der Waals surface area contributed by atoms with Gasteiger partial charge in [0, 0.05) is 113 Å². The number of benzene rings is 12. The average molecular weight is 1840 g/mol. The molecule has 0 unspecified atom stereocenters. The van der Waals surface area contributed by atoms with E-state index in [1.165, 1.54) is 0 Å². The summed E-state index contributed by atoms with van der Waals surface area (Å²) in [4.78, 5) is 116. The zero-order valence-electron chi connectivity index (χ0n) is 77.7. The van der Waals surface area contributed by atoms with E-state index in [0.29, 0.717) is 50.9 Å². The lowest BCUT2D eigenvalue weighted by atomic mass is 10.1. The number of para-hydroxylation sites is 12. The number of carbonyl (C=O) groups excluding carboxylic acids is 7. The Balaban J connectivity index is 0.000000193. The highest BCUT2D eigenvalue weighted by atomic mass is 35.5. The molecule has 696 valence electrons. The molecule has 23 nitrogen and oxygen atoms in total. The molecule has 3 heterocycles. The number of anilines is 12. The van der Waals surface area contributed by atoms with Gasteiger partial charge < -0.3 is 15.2 Å². The van der Waals surface area contributed by atoms with Crippen LogP contribution >= 0.6 is 11.6 Å². The summed E-state index contributed by atoms with van der Waals surface area (Å²) in [5.74, 6) is 0.102. The molecular weight excluding hydrogens is 1720 g/mol. The van der Waals surface area contributed by atoms with E-state index in [1.807, 2.05) is 441 Å². The number of nitrogens with zero attached hydrogens (tertiary/aromatic N) is 15. The van der Waals surface area contributed by atoms with Crippen LogP contribution in [0.2, 0.25) is 0 Å². The summed E-state index contributed by atoms with van der Waals surface area (Å²) in [7, 11) is 0. The number of hydrogen-bond acceptors (Lipinski definition) is 11. The monoisotopic (exact) mass is 1840 g/mol. The Hall–Kier alpha value is -15.3. The van der Waals surface area contributed by atoms with Crippen molar-refractivity contribution in [3.63, 3.8) is 0 Å². The highest BCUT2D eigenvalue weighted by Gasteiger charge is 2.30. The van der Waals surface area contributed by atoms with Gasteiger partial charge in [-0.1, -0.05) is 246 Å². The van der Waals surface area contributed by atoms with Crippen molar-refractivity contribution in [2.75, 3.05) is 94.2 Å². The summed E-state index contributed by atoms with van der Waals surface area (Å²) in [5.41, 5.74) is 14.6. The topological polar surface area (TPSA) is 210 Å². The zero-order chi connectivity index (χ0) is 95.4. The molecule has 0 atom stereocenters. The molecule has 12 aromatic carbocycles. The van der Waals surface area contributed by atoms with Gasteiger partial charge >= 0.3 is 0 Å². The molecular formula is C112H121ClN16O7+2. The van der Waals surface area contributed by atoms with Crippen molar-refractivity contribution in [1.29, 1.82) is 0 Å². The molecule has 0 spiro atoms. The largest absolute Gasteiger partial charge is 0.339 e. The van der Waals surface area contributed by atoms with Gasteiger partial charge in [0.25, 0.3) is 11.8 Å². The maximum Gasteiger partial charge on any atom is 0.273 e. The van der Waals surface area contributed by atoms with E-state index in [0.717, 1.165) is 101 Å². The van der Waals surface area contributed by atoms with Crippen molar-refractivity contribution in [2.45, 2.75) is 79.7 Å². The molecule has 0 bridgehead atoms. The summed E-state index contributed by atoms with van der Waals surface area (Å²) < 4.78 is 9.92. The molecule has 0 aliphatic carbocycles. The first kappa shape index (κ1) is 99.7. The Morgan fingerprint density at radius 3 is 0.750 bits per heavy atom. The van der Waals surface area contributed by atoms with Gasteiger partial charge in [-0.2, -0.15) is 0 Å². The molecule has 3 aromatic heterocycles. The maximum absolute atomic E-state index is 14.4. The van der Waals surface area contributed by atoms with Crippen molar-refractivity contribution in [2.24, 2.45) is 17.6 Å². The second-order valence-corrected chi connectivity index (χ2v) is 33.6. The molecule has 0 fully saturated rings. The van der Waals surface area contributed by atoms with Crippen molar-refractivity contribution in [3.8, 4) is 0 Å². The van der Waals surface area contributed by atoms with Crippen LogP contribution in [-0.4, -0.2) is 140 Å². The summed E-state index contributed by atoms with van der Waals surface area (Å²) >= 11 is 5.66. The third kappa shape index (κ3) is 30.6. The first-order valence-electron chi connectivity index (χ1n) is 46.1. The molecule has 15 rings (SSSR count). The molecule has 15 aromatic rings. The number of halogens is 1. The SMILES string of the molecule is CC(C)CN(CC(C)C)C(=O)C[n+]1ccn(CCCN(CC(=O)N(c2ccccc2)c2ccccc2)CC(=O)N(c2ccccc2)c2ccccc2)c1.NCCCn1ccnc1.O=C(CCl)N(c1ccccc1)c1ccccc1.O=C(CN(CCCn1cc[n+](CC(=O)N(c2ccccc2)c2ccccc2)c1)CC(=O)N(c1ccccc1)c1ccccc1)N(c1ccccc1)c1ccccc1. The van der Waals surface area contributed by atoms with Gasteiger partial charge in [0.15, 0.2) is 13.1 Å². The Morgan fingerprint density at radius 1 is 0.301 bits per heavy atom. The molecule has 0 radical (unpaired) electrons. The van der Waals surface area contributed by atoms with E-state index < -0.39 is 0 Å². The maximum atomic E-state index is 14.4. The molecule has 7 amide bonds. The van der Waals surface area contributed by atoms with Gasteiger partial charge in [0.05, 0.1) is 45.6 Å². The predicted octanol–water partition coefficient (Wildman–Crippen LogP) is 19.7. The summed E-state index contributed by atoms with van der Waals surface area (Å²) in [6.07, 6.45) is 19.5. The van der Waals surface area contributed by atoms with Crippen molar-refractivity contribution < 1.29 is 42.7 Å². The minimum atomic E-state index is -0.148. The van der Waals surface area contributed by atoms with Crippen LogP contribution < -0.4 is 44.3 Å². The fraction of sp³-hybridized carbons (Fsp3) is 0.214. The third-order valence-corrected chi connectivity index (χ3v) is 22.1. The van der Waals surface area contributed by atoms with Crippen LogP contribution in [0.15, 0.2) is 420 Å². The van der Waals surface area contributed by atoms with Crippen molar-refractivity contribution >= 4 is 121 Å². The van der Waals surface area contributed by atoms with Gasteiger partial charge in [-0.05, 0) is 183 Å². The highest BCUT2D eigenvalue weighted by molar-refractivity contribution is 6.30. The fourth-order valence-corrected chi connectivity index (χ4v) is 15.8. The zero-order valence-corrected chi connectivity index (χ0v) is 78.5. The lowest BCUT2D eigenvalue weighted by Gasteiger charge is -2.30. The van der Waals surface area contributed by atoms with Gasteiger partial charge in [-0.25, -0.2) is 23.3 Å². The van der Waals surface area contributed by atoms with E-state index in [9.17, 15) is 33.6 Å². The number of rotatable bonds is 40. The van der Waals surface area contributed by atoms with E-state index in [4.69, 9.17) is 17.3 Å². The second-order valence-electron chi connectivity index (χ2n) is 33.3. The predicted molar refractivity (Wildman–Crippen MR) is 544 cm³/mol. The summed E-state index contributed by atoms with van der Waals surface area (Å²) in [6.45, 7) is 14.5. The molecule has 0 aliphatic rings. The lowest BCUT2D eigenvalue weighted by molar-refractivity contribution is -0.684. The van der Waals surface area contributed by atoms with Crippen LogP contribution in [0, 0.1) is 11.8 Å². The van der Waals surface area contributed by atoms with E-state index in [1.54, 1.807) is 41.9 Å². The van der Waals surface area contributed by atoms with Gasteiger partial charge in [-0.15, -0.1) is 11.6 Å². The molecule has 0 saturated carbocycles. The number of hydrogen-bond donors (Lipinski definition) is 1. The first-order valence-corrected chi connectivity index (χ1v) is 46.6. The van der Waals surface area contributed by atoms with Crippen molar-refractivity contribution in [3.05, 3.63) is 420 Å². The van der Waals surface area contributed by atoms with Crippen LogP contribution in [0.4, 0.5) is 68.2 Å². The number of aryl methyl sites for hydroxylation is 3. The van der Waals surface area contributed by atoms with Crippen molar-refractivity contribution in [1.82, 2.24) is 33.4 Å². The van der Waals surface area contributed by atoms with E-state index in [-0.39, 0.29) is 86.5 Å². The van der Waals surface area contributed by atoms with E-state index in [2.05, 4.69) is 37.2 Å². The van der Waals surface area contributed by atoms with E-state index >= 15 is 0 Å². The minimum Gasteiger partial charge on any atom is -0.339 e. The number of imidazole rings is 3. The number of carbonyl (C=O) groups is 7. The quantitative estimate of drug-likeness (QED) is 0.0282. The van der Waals surface area contributed by atoms with Crippen LogP contribution in [0.3, 0.4) is 0 Å². The highest BCUT2D eigenvalue weighted by Crippen LogP contribution is 2.33. The molecule has 0 aliphatic heterocycles. The first-order chi connectivity index (χ1) is 66.5. The standard InChI is InChI=1S/C48H45N6O3.C44H53N6O3.C14H12ClNO.C6H11N3/c55-46(52(40-20-7-1-8-21-40)41-22-9-2-10-23-41)36-50(37-47(56)53(42-24-11-3-12-25-42)43-26-13-4-14-27-43)33-19-32-49-34-35-51(39-49)38-48(57)54(44-28-15-5-16-29-44)45-30-17-6-18-31-45;1-36(2)30-48(31-37(3)4)42(51)32-47-29-28-45(35-47)26-17-27-46(33-43(52)49(38-18-9-5-10-19-38)39-20-11-6-12-21-39)34-44(53)50(40-22-13-7-14-23-40)41-24-15-8-16-25-41;15-11-14(17)16(12-7-3-1-4-8-12)13-9-5-2-6-10-13;7-2-1-4-9-5-3-8-6-9/h1-18,20-31,34-35,39H,19,32-33,36-38H2;5-16,18-25,28-29,35-37H,17,26-27,30-34H2,1-4H3;1-10H,11H2;3,5-6H,1-2,4,7H2/q2*+1;;.